The minimum absolute atomic E-state index is 0.290. The normalized spacial score (nSPS) is 26.2. The van der Waals surface area contributed by atoms with Crippen molar-refractivity contribution in [2.24, 2.45) is 0 Å². The second-order valence-electron chi connectivity index (χ2n) is 4.81. The van der Waals surface area contributed by atoms with Gasteiger partial charge in [-0.3, -0.25) is 5.43 Å². The third kappa shape index (κ3) is 4.78. The average Bonchev–Trinajstić information content (AvgIpc) is 2.14. The molecule has 0 aliphatic carbocycles. The van der Waals surface area contributed by atoms with E-state index in [-0.39, 0.29) is 6.04 Å². The van der Waals surface area contributed by atoms with E-state index in [4.69, 9.17) is 9.47 Å². The molecule has 1 amide bonds. The Morgan fingerprint density at radius 3 is 2.75 bits per heavy atom. The Balaban J connectivity index is 2.25. The number of carbonyl (C=O) groups excluding carboxylic acids is 1. The minimum atomic E-state index is -0.565. The van der Waals surface area contributed by atoms with Gasteiger partial charge in [0.15, 0.2) is 0 Å². The van der Waals surface area contributed by atoms with E-state index in [1.165, 1.54) is 0 Å². The number of aliphatic hydroxyl groups is 1. The summed E-state index contributed by atoms with van der Waals surface area (Å²) in [4.78, 5) is 11.3. The lowest BCUT2D eigenvalue weighted by Gasteiger charge is -2.29. The topological polar surface area (TPSA) is 79.8 Å². The Morgan fingerprint density at radius 1 is 1.50 bits per heavy atom. The standard InChI is InChI=1S/C10H20N2O4/c1-10(2,3)16-9(14)12-11-7-6-15-5-4-8(7)13/h7-8,11,13H,4-6H2,1-3H3,(H,12,14). The first-order valence-electron chi connectivity index (χ1n) is 5.39. The molecule has 1 heterocycles. The molecule has 1 aliphatic rings. The van der Waals surface area contributed by atoms with Crippen molar-refractivity contribution in [2.45, 2.75) is 44.9 Å². The van der Waals surface area contributed by atoms with Crippen molar-refractivity contribution < 1.29 is 19.4 Å². The van der Waals surface area contributed by atoms with Gasteiger partial charge in [0.2, 0.25) is 0 Å². The predicted molar refractivity (Wildman–Crippen MR) is 57.7 cm³/mol. The van der Waals surface area contributed by atoms with Crippen LogP contribution in [0, 0.1) is 0 Å². The van der Waals surface area contributed by atoms with E-state index in [0.29, 0.717) is 19.6 Å². The molecule has 1 saturated heterocycles. The number of nitrogens with one attached hydrogen (secondary N) is 2. The van der Waals surface area contributed by atoms with Gasteiger partial charge in [-0.05, 0) is 27.2 Å². The highest BCUT2D eigenvalue weighted by Gasteiger charge is 2.24. The van der Waals surface area contributed by atoms with Crippen molar-refractivity contribution in [2.75, 3.05) is 13.2 Å². The van der Waals surface area contributed by atoms with Crippen LogP contribution in [-0.2, 0) is 9.47 Å². The van der Waals surface area contributed by atoms with Gasteiger partial charge >= 0.3 is 6.09 Å². The molecular formula is C10H20N2O4. The third-order valence-corrected chi connectivity index (χ3v) is 2.08. The van der Waals surface area contributed by atoms with E-state index in [1.54, 1.807) is 20.8 Å². The molecule has 0 aromatic heterocycles. The van der Waals surface area contributed by atoms with Crippen LogP contribution in [0.4, 0.5) is 4.79 Å². The third-order valence-electron chi connectivity index (χ3n) is 2.08. The first-order chi connectivity index (χ1) is 7.38. The Kier molecular flexibility index (Phi) is 4.52. The van der Waals surface area contributed by atoms with Gasteiger partial charge in [-0.15, -0.1) is 0 Å². The Morgan fingerprint density at radius 2 is 2.19 bits per heavy atom. The van der Waals surface area contributed by atoms with Gasteiger partial charge in [0, 0.05) is 6.61 Å². The second-order valence-corrected chi connectivity index (χ2v) is 4.81. The Hall–Kier alpha value is -0.850. The van der Waals surface area contributed by atoms with E-state index < -0.39 is 17.8 Å². The van der Waals surface area contributed by atoms with Gasteiger partial charge in [-0.25, -0.2) is 10.2 Å². The molecule has 94 valence electrons. The lowest BCUT2D eigenvalue weighted by Crippen LogP contribution is -2.54. The quantitative estimate of drug-likeness (QED) is 0.591. The van der Waals surface area contributed by atoms with E-state index in [0.717, 1.165) is 0 Å². The predicted octanol–water partition coefficient (Wildman–Crippen LogP) is 0.165. The lowest BCUT2D eigenvalue weighted by atomic mass is 10.1. The van der Waals surface area contributed by atoms with Crippen molar-refractivity contribution in [3.05, 3.63) is 0 Å². The first kappa shape index (κ1) is 13.2. The van der Waals surface area contributed by atoms with E-state index in [9.17, 15) is 9.90 Å². The van der Waals surface area contributed by atoms with Crippen molar-refractivity contribution >= 4 is 6.09 Å². The van der Waals surface area contributed by atoms with Gasteiger partial charge in [-0.1, -0.05) is 0 Å². The molecule has 1 fully saturated rings. The number of hydrogen-bond donors (Lipinski definition) is 3. The summed E-state index contributed by atoms with van der Waals surface area (Å²) in [5, 5.41) is 9.58. The monoisotopic (exact) mass is 232 g/mol. The number of amides is 1. The van der Waals surface area contributed by atoms with Crippen LogP contribution in [0.15, 0.2) is 0 Å². The molecule has 1 aliphatic heterocycles. The summed E-state index contributed by atoms with van der Waals surface area (Å²) in [6.45, 7) is 6.27. The molecule has 6 nitrogen and oxygen atoms in total. The summed E-state index contributed by atoms with van der Waals surface area (Å²) in [5.74, 6) is 0. The van der Waals surface area contributed by atoms with Crippen LogP contribution in [-0.4, -0.2) is 42.2 Å². The van der Waals surface area contributed by atoms with Crippen molar-refractivity contribution in [3.8, 4) is 0 Å². The second kappa shape index (κ2) is 5.47. The fourth-order valence-corrected chi connectivity index (χ4v) is 1.32. The zero-order valence-electron chi connectivity index (χ0n) is 9.95. The average molecular weight is 232 g/mol. The lowest BCUT2D eigenvalue weighted by molar-refractivity contribution is -0.0217. The number of hydrogen-bond acceptors (Lipinski definition) is 5. The Labute approximate surface area is 95.3 Å². The molecule has 3 N–H and O–H groups in total. The molecule has 0 spiro atoms. The largest absolute Gasteiger partial charge is 0.443 e. The van der Waals surface area contributed by atoms with Crippen LogP contribution >= 0.6 is 0 Å². The molecular weight excluding hydrogens is 212 g/mol. The van der Waals surface area contributed by atoms with E-state index >= 15 is 0 Å². The maximum absolute atomic E-state index is 11.3. The highest BCUT2D eigenvalue weighted by atomic mass is 16.6. The van der Waals surface area contributed by atoms with Gasteiger partial charge < -0.3 is 14.6 Å². The summed E-state index contributed by atoms with van der Waals surface area (Å²) < 4.78 is 10.2. The number of aliphatic hydroxyl groups excluding tert-OH is 1. The van der Waals surface area contributed by atoms with Gasteiger partial charge in [0.1, 0.15) is 5.60 Å². The van der Waals surface area contributed by atoms with Crippen molar-refractivity contribution in [1.29, 1.82) is 0 Å². The van der Waals surface area contributed by atoms with Crippen molar-refractivity contribution in [1.82, 2.24) is 10.9 Å². The molecule has 2 unspecified atom stereocenters. The summed E-state index contributed by atoms with van der Waals surface area (Å²) in [6, 6.07) is -0.290. The minimum Gasteiger partial charge on any atom is -0.443 e. The molecule has 0 saturated carbocycles. The van der Waals surface area contributed by atoms with Gasteiger partial charge in [0.05, 0.1) is 18.8 Å². The molecule has 0 bridgehead atoms. The summed E-state index contributed by atoms with van der Waals surface area (Å²) in [7, 11) is 0. The van der Waals surface area contributed by atoms with E-state index in [2.05, 4.69) is 10.9 Å². The molecule has 0 radical (unpaired) electrons. The van der Waals surface area contributed by atoms with E-state index in [1.807, 2.05) is 0 Å². The van der Waals surface area contributed by atoms with Crippen LogP contribution in [0.25, 0.3) is 0 Å². The van der Waals surface area contributed by atoms with Crippen LogP contribution in [0.1, 0.15) is 27.2 Å². The van der Waals surface area contributed by atoms with Crippen LogP contribution in [0.2, 0.25) is 0 Å². The molecule has 16 heavy (non-hydrogen) atoms. The van der Waals surface area contributed by atoms with Gasteiger partial charge in [0.25, 0.3) is 0 Å². The molecule has 6 heteroatoms. The molecule has 2 atom stereocenters. The summed E-state index contributed by atoms with van der Waals surface area (Å²) in [5.41, 5.74) is 4.55. The first-order valence-corrected chi connectivity index (χ1v) is 5.39. The Bertz CT molecular complexity index is 239. The molecule has 0 aromatic rings. The molecule has 0 aromatic carbocycles. The maximum atomic E-state index is 11.3. The zero-order chi connectivity index (χ0) is 12.2. The zero-order valence-corrected chi connectivity index (χ0v) is 9.95. The van der Waals surface area contributed by atoms with Crippen LogP contribution in [0.5, 0.6) is 0 Å². The summed E-state index contributed by atoms with van der Waals surface area (Å²) in [6.07, 6.45) is -0.512. The summed E-state index contributed by atoms with van der Waals surface area (Å²) >= 11 is 0. The number of ether oxygens (including phenoxy) is 2. The smallest absolute Gasteiger partial charge is 0.422 e. The maximum Gasteiger partial charge on any atom is 0.422 e. The highest BCUT2D eigenvalue weighted by molar-refractivity contribution is 5.67. The highest BCUT2D eigenvalue weighted by Crippen LogP contribution is 2.08. The number of hydrazine groups is 1. The number of carbonyl (C=O) groups is 1. The SMILES string of the molecule is CC(C)(C)OC(=O)NNC1COCCC1O. The van der Waals surface area contributed by atoms with Crippen LogP contribution in [0.3, 0.4) is 0 Å². The van der Waals surface area contributed by atoms with Crippen LogP contribution < -0.4 is 10.9 Å². The molecule has 1 rings (SSSR count). The van der Waals surface area contributed by atoms with Gasteiger partial charge in [-0.2, -0.15) is 0 Å². The fourth-order valence-electron chi connectivity index (χ4n) is 1.32. The number of rotatable bonds is 2. The van der Waals surface area contributed by atoms with Crippen molar-refractivity contribution in [3.63, 3.8) is 0 Å². The fraction of sp³-hybridized carbons (Fsp3) is 0.900.